The second kappa shape index (κ2) is 45.5. The number of carboxylic acid groups (broad SMARTS) is 1. The second-order valence-corrected chi connectivity index (χ2v) is 28.6. The molecule has 51 nitrogen and oxygen atoms in total. The predicted molar refractivity (Wildman–Crippen MR) is 381 cm³/mol. The van der Waals surface area contributed by atoms with Gasteiger partial charge in [-0.2, -0.15) is 0 Å². The summed E-state index contributed by atoms with van der Waals surface area (Å²) in [6.45, 7) is 1.49. The molecule has 6 fully saturated rings. The number of carbonyl (C=O) groups is 9. The maximum Gasteiger partial charge on any atom is 0.305 e. The Morgan fingerprint density at radius 2 is 0.983 bits per heavy atom. The first-order valence-corrected chi connectivity index (χ1v) is 37.2. The van der Waals surface area contributed by atoms with Crippen molar-refractivity contribution in [3.8, 4) is 0 Å². The van der Waals surface area contributed by atoms with Gasteiger partial charge in [0.05, 0.1) is 65.1 Å². The minimum absolute atomic E-state index is 0.0224. The number of primary amides is 1. The molecular formula is C66H108N14O37. The Morgan fingerprint density at radius 3 is 1.52 bits per heavy atom. The van der Waals surface area contributed by atoms with Gasteiger partial charge in [-0.25, -0.2) is 4.98 Å². The van der Waals surface area contributed by atoms with Gasteiger partial charge in [-0.3, -0.25) is 48.1 Å². The molecule has 0 aliphatic carbocycles. The van der Waals surface area contributed by atoms with Gasteiger partial charge in [0.25, 0.3) is 5.91 Å². The zero-order valence-corrected chi connectivity index (χ0v) is 63.9. The third kappa shape index (κ3) is 26.8. The first-order valence-electron chi connectivity index (χ1n) is 37.2. The van der Waals surface area contributed by atoms with Crippen LogP contribution < -0.4 is 54.4 Å². The van der Waals surface area contributed by atoms with Crippen LogP contribution in [0.5, 0.6) is 0 Å². The SMILES string of the molecule is CC(C)C[C@H](NC(=O)[C@@H](NC(=O)[C@H](C)NC(=O)[C@H](Cc1cnc[nH]1)NC(=O)[C@H](C)NC(=O)[C@H](CC(=O)O)NC(=O)/C=N/OCCO[C@H]1O[C@H](CO[C@H]2O[C@H](CO[C@H]3O[C@H](CO)[C@@H](O)[C@@H]3O[C@@H]3O[C@H](CO)[C@@H](O)[C@@H]3O)[C@@H](O[C@H]3O[C@H](CO)[C@@H](O)[C@@H]3O[C@@H]3O[C@H](CO)[C@@H](O)[C@@H]3O)[C@@H]2O)[C@@H](O)[C@@H]1O)[C@@H](C)O)C(=O)N[C@@H](CCCN=C(N)N)C(N)=O. The van der Waals surface area contributed by atoms with E-state index < -0.39 is 309 Å². The summed E-state index contributed by atoms with van der Waals surface area (Å²) in [7, 11) is 0. The van der Waals surface area contributed by atoms with E-state index in [1.54, 1.807) is 13.8 Å². The fraction of sp³-hybridized carbons (Fsp3) is 0.788. The van der Waals surface area contributed by atoms with Crippen molar-refractivity contribution in [2.75, 3.05) is 59.4 Å². The number of aliphatic carboxylic acids is 1. The Bertz CT molecular complexity index is 3430. The zero-order valence-electron chi connectivity index (χ0n) is 63.9. The summed E-state index contributed by atoms with van der Waals surface area (Å²) in [5, 5.41) is 178. The number of guanidine groups is 1. The maximum absolute atomic E-state index is 13.9. The summed E-state index contributed by atoms with van der Waals surface area (Å²) in [5.74, 6) is -10.3. The number of imidazole rings is 1. The molecule has 0 unspecified atom stereocenters. The van der Waals surface area contributed by atoms with Gasteiger partial charge in [0, 0.05) is 24.9 Å². The van der Waals surface area contributed by atoms with Crippen LogP contribution >= 0.6 is 0 Å². The van der Waals surface area contributed by atoms with Crippen LogP contribution in [-0.2, 0) is 111 Å². The average Bonchev–Trinajstić information content (AvgIpc) is 1.64. The third-order valence-electron chi connectivity index (χ3n) is 19.1. The van der Waals surface area contributed by atoms with Gasteiger partial charge in [0.15, 0.2) is 43.7 Å². The number of oxime groups is 1. The van der Waals surface area contributed by atoms with Crippen LogP contribution in [0.2, 0.25) is 0 Å². The molecule has 6 saturated heterocycles. The normalized spacial score (nSPS) is 32.9. The van der Waals surface area contributed by atoms with Crippen molar-refractivity contribution in [3.05, 3.63) is 18.2 Å². The Balaban J connectivity index is 0.900. The molecule has 7 heterocycles. The first kappa shape index (κ1) is 96.3. The molecule has 51 heteroatoms. The molecule has 6 aliphatic heterocycles. The van der Waals surface area contributed by atoms with Gasteiger partial charge in [0.2, 0.25) is 41.4 Å². The molecule has 32 atom stereocenters. The number of ether oxygens (including phenoxy) is 12. The highest BCUT2D eigenvalue weighted by molar-refractivity contribution is 6.26. The van der Waals surface area contributed by atoms with E-state index in [0.717, 1.165) is 13.8 Å². The van der Waals surface area contributed by atoms with Gasteiger partial charge in [-0.1, -0.05) is 19.0 Å². The van der Waals surface area contributed by atoms with Crippen LogP contribution in [0.15, 0.2) is 22.7 Å². The number of aliphatic imine (C=N–C) groups is 1. The van der Waals surface area contributed by atoms with Crippen molar-refractivity contribution in [3.63, 3.8) is 0 Å². The van der Waals surface area contributed by atoms with E-state index in [4.69, 9.17) is 78.9 Å². The lowest BCUT2D eigenvalue weighted by Crippen LogP contribution is -2.61. The smallest absolute Gasteiger partial charge is 0.305 e. The minimum Gasteiger partial charge on any atom is -0.481 e. The topological polar surface area (TPSA) is 793 Å². The van der Waals surface area contributed by atoms with E-state index in [1.165, 1.54) is 19.4 Å². The molecule has 0 spiro atoms. The number of amides is 8. The standard InChI is InChI=1S/C66H108N14O37/c1-23(2)11-29(58(103)77-28(53(67)98)7-6-8-71-66(68)69)79-59(104)40(26(5)85)80-55(100)25(4)75-56(101)30(12-27-14-70-22-72-27)78-54(99)24(3)74-57(102)31(13-39(87)88)76-38(86)15-73-108-10-9-105-60-46(94)43(91)36(113-60)20-106-61-49(97)50(115-65-52(45(93)35(19-84)112-65)117-63-48(96)42(90)33(17-82)110-63)37(114-61)21-107-64-51(44(92)34(18-83)111-64)116-62-47(95)41(89)32(16-81)109-62/h14-15,22-26,28-37,40-52,60-65,81-85,89-97H,6-13,16-21H2,1-5H3,(H2,67,98)(H,70,72)(H,74,102)(H,75,101)(H,76,86)(H,77,103)(H,78,99)(H,79,104)(H,80,100)(H,87,88)(H4,68,69,71)/b73-15+/t24-,25-,26+,28-,29-,30-,31-,32+,33+,34+,35+,36+,37+,40-,41+,42+,43+,44+,45+,46-,47-,48-,49-,50+,51-,52-,60-,61-,62-,63-,64-,65+/m0/s1. The van der Waals surface area contributed by atoms with E-state index >= 15 is 0 Å². The summed E-state index contributed by atoms with van der Waals surface area (Å²) in [5.41, 5.74) is 16.5. The van der Waals surface area contributed by atoms with Crippen molar-refractivity contribution in [1.29, 1.82) is 0 Å². The fourth-order valence-electron chi connectivity index (χ4n) is 12.7. The lowest BCUT2D eigenvalue weighted by atomic mass is 10.0. The van der Waals surface area contributed by atoms with Gasteiger partial charge in [-0.15, -0.1) is 0 Å². The van der Waals surface area contributed by atoms with Crippen molar-refractivity contribution < 1.29 is 181 Å². The average molecular weight is 1690 g/mol. The van der Waals surface area contributed by atoms with Gasteiger partial charge in [-0.05, 0) is 46.0 Å². The van der Waals surface area contributed by atoms with Crippen LogP contribution in [0, 0.1) is 5.92 Å². The second-order valence-electron chi connectivity index (χ2n) is 28.6. The Labute approximate surface area is 665 Å². The van der Waals surface area contributed by atoms with Gasteiger partial charge in [0.1, 0.15) is 165 Å². The monoisotopic (exact) mass is 1690 g/mol. The zero-order chi connectivity index (χ0) is 86.4. The van der Waals surface area contributed by atoms with Crippen LogP contribution in [0.25, 0.3) is 0 Å². The summed E-state index contributed by atoms with van der Waals surface area (Å²) in [4.78, 5) is 135. The van der Waals surface area contributed by atoms with E-state index in [2.05, 4.69) is 57.3 Å². The molecule has 0 saturated carbocycles. The molecule has 1 aromatic heterocycles. The molecule has 664 valence electrons. The number of nitrogens with one attached hydrogen (secondary N) is 8. The molecule has 0 aromatic carbocycles. The summed E-state index contributed by atoms with van der Waals surface area (Å²) in [6.07, 6.45) is -39.3. The highest BCUT2D eigenvalue weighted by Crippen LogP contribution is 2.37. The van der Waals surface area contributed by atoms with E-state index in [1.807, 2.05) is 0 Å². The van der Waals surface area contributed by atoms with E-state index in [9.17, 15) is 120 Å². The highest BCUT2D eigenvalue weighted by atomic mass is 16.8. The fourth-order valence-corrected chi connectivity index (χ4v) is 12.7. The van der Waals surface area contributed by atoms with Crippen LogP contribution in [0.4, 0.5) is 0 Å². The Morgan fingerprint density at radius 1 is 0.513 bits per heavy atom. The van der Waals surface area contributed by atoms with Crippen LogP contribution in [0.1, 0.15) is 66.0 Å². The maximum atomic E-state index is 13.9. The van der Waals surface area contributed by atoms with Crippen molar-refractivity contribution in [1.82, 2.24) is 47.2 Å². The number of hydrogen-bond donors (Lipinski definition) is 26. The summed E-state index contributed by atoms with van der Waals surface area (Å²) in [6, 6.07) is -10.8. The molecular weight excluding hydrogens is 1580 g/mol. The Hall–Kier alpha value is -7.86. The number of nitrogens with two attached hydrogens (primary N) is 3. The molecule has 0 bridgehead atoms. The molecule has 29 N–H and O–H groups in total. The number of aromatic nitrogens is 2. The number of H-pyrrole nitrogens is 1. The number of aliphatic hydroxyl groups excluding tert-OH is 14. The van der Waals surface area contributed by atoms with Crippen LogP contribution in [0.3, 0.4) is 0 Å². The molecule has 1 aromatic rings. The molecule has 6 aliphatic rings. The predicted octanol–water partition coefficient (Wildman–Crippen LogP) is -15.4. The molecule has 8 amide bonds. The number of rotatable bonds is 47. The number of aromatic amines is 1. The van der Waals surface area contributed by atoms with E-state index in [-0.39, 0.29) is 49.8 Å². The lowest BCUT2D eigenvalue weighted by Gasteiger charge is -2.30. The van der Waals surface area contributed by atoms with Crippen molar-refractivity contribution in [2.24, 2.45) is 33.3 Å². The molecule has 117 heavy (non-hydrogen) atoms. The quantitative estimate of drug-likeness (QED) is 0.0125. The first-order chi connectivity index (χ1) is 55.4. The van der Waals surface area contributed by atoms with Crippen LogP contribution in [-0.4, -0.2) is 407 Å². The molecule has 7 rings (SSSR count). The lowest BCUT2D eigenvalue weighted by molar-refractivity contribution is -0.270. The number of aliphatic hydroxyl groups is 14. The summed E-state index contributed by atoms with van der Waals surface area (Å²) < 4.78 is 68.8. The van der Waals surface area contributed by atoms with Gasteiger partial charge >= 0.3 is 5.97 Å². The number of carbonyl (C=O) groups excluding carboxylic acids is 8. The Kier molecular flexibility index (Phi) is 37.5. The third-order valence-corrected chi connectivity index (χ3v) is 19.1. The summed E-state index contributed by atoms with van der Waals surface area (Å²) >= 11 is 0. The largest absolute Gasteiger partial charge is 0.481 e. The number of nitrogens with zero attached hydrogens (tertiary/aromatic N) is 3. The minimum atomic E-state index is -1.93. The van der Waals surface area contributed by atoms with Gasteiger partial charge < -0.3 is 198 Å². The number of hydrogen-bond acceptors (Lipinski definition) is 39. The highest BCUT2D eigenvalue weighted by Gasteiger charge is 2.57. The van der Waals surface area contributed by atoms with Crippen molar-refractivity contribution >= 4 is 65.4 Å². The molecule has 0 radical (unpaired) electrons. The van der Waals surface area contributed by atoms with Crippen molar-refractivity contribution in [2.45, 2.75) is 263 Å². The van der Waals surface area contributed by atoms with E-state index in [0.29, 0.717) is 6.21 Å². The number of carboxylic acids is 1.